The molecule has 62 valence electrons. The Morgan fingerprint density at radius 2 is 2.27 bits per heavy atom. The molecule has 3 fully saturated rings. The molecule has 3 aliphatic rings. The molecule has 2 bridgehead atoms. The van der Waals surface area contributed by atoms with Gasteiger partial charge in [0.2, 0.25) is 0 Å². The summed E-state index contributed by atoms with van der Waals surface area (Å²) in [6, 6.07) is 0.262. The topological polar surface area (TPSA) is 49.3 Å². The van der Waals surface area contributed by atoms with E-state index in [4.69, 9.17) is 5.11 Å². The fourth-order valence-corrected chi connectivity index (χ4v) is 2.28. The van der Waals surface area contributed by atoms with Gasteiger partial charge >= 0.3 is 5.97 Å². The minimum absolute atomic E-state index is 0.109. The summed E-state index contributed by atoms with van der Waals surface area (Å²) in [7, 11) is 0. The van der Waals surface area contributed by atoms with Gasteiger partial charge in [0, 0.05) is 6.04 Å². The molecule has 3 nitrogen and oxygen atoms in total. The van der Waals surface area contributed by atoms with Gasteiger partial charge in [-0.25, -0.2) is 0 Å². The molecule has 0 spiro atoms. The number of aliphatic carboxylic acids is 1. The van der Waals surface area contributed by atoms with Crippen molar-refractivity contribution < 1.29 is 9.90 Å². The molecule has 0 amide bonds. The summed E-state index contributed by atoms with van der Waals surface area (Å²) in [5.41, 5.74) is 0. The maximum atomic E-state index is 10.7. The van der Waals surface area contributed by atoms with E-state index in [1.165, 1.54) is 6.42 Å². The fourth-order valence-electron chi connectivity index (χ4n) is 2.28. The second-order valence-electron chi connectivity index (χ2n) is 3.64. The molecule has 2 heterocycles. The predicted octanol–water partition coefficient (Wildman–Crippen LogP) is 0.459. The van der Waals surface area contributed by atoms with Crippen LogP contribution in [0.3, 0.4) is 0 Å². The first-order chi connectivity index (χ1) is 5.27. The molecule has 3 atom stereocenters. The van der Waals surface area contributed by atoms with E-state index in [1.54, 1.807) is 0 Å². The lowest BCUT2D eigenvalue weighted by molar-refractivity contribution is -0.145. The first-order valence-electron chi connectivity index (χ1n) is 4.23. The molecule has 3 rings (SSSR count). The van der Waals surface area contributed by atoms with Crippen LogP contribution in [0.1, 0.15) is 19.3 Å². The number of carbonyl (C=O) groups is 1. The fraction of sp³-hybridized carbons (Fsp3) is 0.875. The van der Waals surface area contributed by atoms with Crippen molar-refractivity contribution in [2.24, 2.45) is 11.8 Å². The lowest BCUT2D eigenvalue weighted by atomic mass is 9.74. The summed E-state index contributed by atoms with van der Waals surface area (Å²) < 4.78 is 0. The van der Waals surface area contributed by atoms with Gasteiger partial charge in [0.25, 0.3) is 0 Å². The van der Waals surface area contributed by atoms with Crippen molar-refractivity contribution in [2.75, 3.05) is 6.54 Å². The Balaban J connectivity index is 2.08. The molecule has 1 saturated carbocycles. The van der Waals surface area contributed by atoms with E-state index >= 15 is 0 Å². The van der Waals surface area contributed by atoms with Crippen molar-refractivity contribution >= 4 is 5.97 Å². The van der Waals surface area contributed by atoms with E-state index in [-0.39, 0.29) is 12.0 Å². The zero-order valence-corrected chi connectivity index (χ0v) is 6.42. The Bertz CT molecular complexity index is 173. The molecule has 2 saturated heterocycles. The van der Waals surface area contributed by atoms with Gasteiger partial charge in [-0.05, 0) is 31.7 Å². The molecule has 3 unspecified atom stereocenters. The second-order valence-corrected chi connectivity index (χ2v) is 3.64. The van der Waals surface area contributed by atoms with Crippen LogP contribution in [0.15, 0.2) is 0 Å². The van der Waals surface area contributed by atoms with Gasteiger partial charge in [-0.15, -0.1) is 0 Å². The molecular formula is C8H13NO2. The van der Waals surface area contributed by atoms with Gasteiger partial charge < -0.3 is 10.4 Å². The van der Waals surface area contributed by atoms with E-state index in [1.807, 2.05) is 0 Å². The minimum Gasteiger partial charge on any atom is -0.481 e. The van der Waals surface area contributed by atoms with E-state index in [9.17, 15) is 4.79 Å². The van der Waals surface area contributed by atoms with Gasteiger partial charge in [-0.3, -0.25) is 4.79 Å². The third-order valence-electron chi connectivity index (χ3n) is 2.94. The van der Waals surface area contributed by atoms with Gasteiger partial charge in [0.1, 0.15) is 0 Å². The molecule has 0 radical (unpaired) electrons. The van der Waals surface area contributed by atoms with E-state index in [2.05, 4.69) is 5.32 Å². The standard InChI is InChI=1S/C8H13NO2/c10-8(11)6-3-5-1-2-7(6)9-4-5/h5-7,9H,1-4H2,(H,10,11). The average Bonchev–Trinajstić information content (AvgIpc) is 2.06. The number of piperidine rings is 2. The van der Waals surface area contributed by atoms with Crippen LogP contribution in [0.25, 0.3) is 0 Å². The Labute approximate surface area is 65.8 Å². The maximum Gasteiger partial charge on any atom is 0.308 e. The van der Waals surface area contributed by atoms with Crippen LogP contribution in [0.5, 0.6) is 0 Å². The summed E-state index contributed by atoms with van der Waals surface area (Å²) >= 11 is 0. The number of rotatable bonds is 1. The van der Waals surface area contributed by atoms with Crippen LogP contribution < -0.4 is 5.32 Å². The molecule has 0 aromatic heterocycles. The number of carboxylic acids is 1. The normalized spacial score (nSPS) is 42.4. The summed E-state index contributed by atoms with van der Waals surface area (Å²) in [5, 5.41) is 12.1. The highest BCUT2D eigenvalue weighted by Gasteiger charge is 2.38. The summed E-state index contributed by atoms with van der Waals surface area (Å²) in [6.07, 6.45) is 3.18. The number of hydrogen-bond donors (Lipinski definition) is 2. The Hall–Kier alpha value is -0.570. The molecule has 0 aromatic rings. The van der Waals surface area contributed by atoms with E-state index in [0.29, 0.717) is 5.92 Å². The number of hydrogen-bond acceptors (Lipinski definition) is 2. The van der Waals surface area contributed by atoms with Crippen molar-refractivity contribution in [1.82, 2.24) is 5.32 Å². The largest absolute Gasteiger partial charge is 0.481 e. The van der Waals surface area contributed by atoms with E-state index < -0.39 is 5.97 Å². The Kier molecular flexibility index (Phi) is 1.60. The van der Waals surface area contributed by atoms with Gasteiger partial charge in [0.05, 0.1) is 5.92 Å². The summed E-state index contributed by atoms with van der Waals surface area (Å²) in [5.74, 6) is -0.101. The molecule has 2 N–H and O–H groups in total. The highest BCUT2D eigenvalue weighted by Crippen LogP contribution is 2.33. The number of fused-ring (bicyclic) bond motifs is 3. The van der Waals surface area contributed by atoms with Crippen LogP contribution in [-0.2, 0) is 4.79 Å². The number of carboxylic acid groups (broad SMARTS) is 1. The van der Waals surface area contributed by atoms with Crippen molar-refractivity contribution in [3.63, 3.8) is 0 Å². The van der Waals surface area contributed by atoms with Crippen LogP contribution >= 0.6 is 0 Å². The zero-order chi connectivity index (χ0) is 7.84. The zero-order valence-electron chi connectivity index (χ0n) is 6.42. The molecule has 11 heavy (non-hydrogen) atoms. The molecule has 0 aromatic carbocycles. The third-order valence-corrected chi connectivity index (χ3v) is 2.94. The van der Waals surface area contributed by atoms with Crippen LogP contribution in [0.4, 0.5) is 0 Å². The van der Waals surface area contributed by atoms with Crippen LogP contribution in [0, 0.1) is 11.8 Å². The highest BCUT2D eigenvalue weighted by atomic mass is 16.4. The quantitative estimate of drug-likeness (QED) is 0.578. The minimum atomic E-state index is -0.619. The molecular weight excluding hydrogens is 142 g/mol. The highest BCUT2D eigenvalue weighted by molar-refractivity contribution is 5.71. The summed E-state index contributed by atoms with van der Waals surface area (Å²) in [4.78, 5) is 10.7. The van der Waals surface area contributed by atoms with Crippen molar-refractivity contribution in [3.05, 3.63) is 0 Å². The molecule has 3 heteroatoms. The maximum absolute atomic E-state index is 10.7. The van der Waals surface area contributed by atoms with Gasteiger partial charge in [-0.2, -0.15) is 0 Å². The smallest absolute Gasteiger partial charge is 0.308 e. The molecule has 2 aliphatic heterocycles. The Morgan fingerprint density at radius 1 is 1.45 bits per heavy atom. The number of nitrogens with one attached hydrogen (secondary N) is 1. The Morgan fingerprint density at radius 3 is 2.55 bits per heavy atom. The lowest BCUT2D eigenvalue weighted by Gasteiger charge is -2.41. The third kappa shape index (κ3) is 1.13. The van der Waals surface area contributed by atoms with E-state index in [0.717, 1.165) is 19.4 Å². The van der Waals surface area contributed by atoms with Crippen molar-refractivity contribution in [3.8, 4) is 0 Å². The average molecular weight is 155 g/mol. The molecule has 1 aliphatic carbocycles. The van der Waals surface area contributed by atoms with Crippen molar-refractivity contribution in [1.29, 1.82) is 0 Å². The summed E-state index contributed by atoms with van der Waals surface area (Å²) in [6.45, 7) is 1.04. The second kappa shape index (κ2) is 2.48. The van der Waals surface area contributed by atoms with Gasteiger partial charge in [0.15, 0.2) is 0 Å². The SMILES string of the molecule is O=C(O)C1CC2CCC1NC2. The van der Waals surface area contributed by atoms with Crippen LogP contribution in [-0.4, -0.2) is 23.7 Å². The van der Waals surface area contributed by atoms with Crippen molar-refractivity contribution in [2.45, 2.75) is 25.3 Å². The van der Waals surface area contributed by atoms with Crippen LogP contribution in [0.2, 0.25) is 0 Å². The van der Waals surface area contributed by atoms with Gasteiger partial charge in [-0.1, -0.05) is 0 Å². The monoisotopic (exact) mass is 155 g/mol. The predicted molar refractivity (Wildman–Crippen MR) is 40.3 cm³/mol. The first-order valence-corrected chi connectivity index (χ1v) is 4.23. The lowest BCUT2D eigenvalue weighted by Crippen LogP contribution is -2.52. The first kappa shape index (κ1) is 7.10.